The molecule has 14 heteroatoms. The quantitative estimate of drug-likeness (QED) is 0.0372. The van der Waals surface area contributed by atoms with Crippen molar-refractivity contribution >= 4 is 35.7 Å². The van der Waals surface area contributed by atoms with Crippen LogP contribution in [0.5, 0.6) is 0 Å². The Morgan fingerprint density at radius 2 is 0.539 bits per heavy atom. The minimum atomic E-state index is -0.626. The fourth-order valence-corrected chi connectivity index (χ4v) is 10.8. The number of hydrogen-bond donors (Lipinski definition) is 1. The average Bonchev–Trinajstić information content (AvgIpc) is 3.69. The van der Waals surface area contributed by atoms with E-state index < -0.39 is 12.5 Å². The molecule has 1 aromatic rings. The molecule has 2 amide bonds. The topological polar surface area (TPSA) is 175 Å². The summed E-state index contributed by atoms with van der Waals surface area (Å²) in [6.45, 7) is 9.84. The first-order chi connectivity index (χ1) is 43.6. The van der Waals surface area contributed by atoms with Crippen LogP contribution in [0, 0.1) is 0 Å². The van der Waals surface area contributed by atoms with Gasteiger partial charge in [0, 0.05) is 25.7 Å². The van der Waals surface area contributed by atoms with Crippen molar-refractivity contribution in [3.63, 3.8) is 0 Å². The van der Waals surface area contributed by atoms with Crippen molar-refractivity contribution in [3.8, 4) is 0 Å². The Labute approximate surface area is 544 Å². The number of rotatable bonds is 65. The monoisotopic (exact) mass is 1260 g/mol. The highest BCUT2D eigenvalue weighted by atomic mass is 16.5. The minimum Gasteiger partial charge on any atom is -0.464 e. The van der Waals surface area contributed by atoms with Crippen molar-refractivity contribution in [1.82, 2.24) is 9.80 Å². The van der Waals surface area contributed by atoms with Crippen LogP contribution in [0.2, 0.25) is 0 Å². The lowest BCUT2D eigenvalue weighted by Crippen LogP contribution is -2.39. The van der Waals surface area contributed by atoms with Gasteiger partial charge in [0.15, 0.2) is 0 Å². The molecule has 14 nitrogen and oxygen atoms in total. The van der Waals surface area contributed by atoms with E-state index in [-0.39, 0.29) is 89.0 Å². The summed E-state index contributed by atoms with van der Waals surface area (Å²) in [6, 6.07) is 9.71. The molecule has 0 unspecified atom stereocenters. The predicted molar refractivity (Wildman–Crippen MR) is 364 cm³/mol. The molecule has 0 bridgehead atoms. The van der Waals surface area contributed by atoms with E-state index in [9.17, 15) is 33.9 Å². The molecule has 0 aliphatic rings. The number of aliphatic hydroxyl groups excluding tert-OH is 1. The number of unbranched alkanes of at least 4 members (excludes halogenated alkanes) is 40. The molecule has 0 aliphatic carbocycles. The second-order valence-corrected chi connectivity index (χ2v) is 24.9. The van der Waals surface area contributed by atoms with Gasteiger partial charge in [0.25, 0.3) is 0 Å². The lowest BCUT2D eigenvalue weighted by Gasteiger charge is -2.22. The molecule has 0 aliphatic heterocycles. The molecular weight excluding hydrogens is 1120 g/mol. The van der Waals surface area contributed by atoms with E-state index in [2.05, 4.69) is 27.7 Å². The molecule has 89 heavy (non-hydrogen) atoms. The Morgan fingerprint density at radius 3 is 0.775 bits per heavy atom. The van der Waals surface area contributed by atoms with E-state index in [1.54, 1.807) is 4.90 Å². The zero-order valence-electron chi connectivity index (χ0n) is 57.9. The maximum atomic E-state index is 13.0. The molecule has 0 aromatic heterocycles. The first-order valence-corrected chi connectivity index (χ1v) is 37.0. The lowest BCUT2D eigenvalue weighted by molar-refractivity contribution is -0.149. The van der Waals surface area contributed by atoms with Crippen LogP contribution < -0.4 is 0 Å². The van der Waals surface area contributed by atoms with Gasteiger partial charge in [0.1, 0.15) is 39.6 Å². The van der Waals surface area contributed by atoms with Crippen molar-refractivity contribution in [2.45, 2.75) is 343 Å². The van der Waals surface area contributed by atoms with Crippen molar-refractivity contribution in [1.29, 1.82) is 0 Å². The third kappa shape index (κ3) is 61.2. The number of hydrogen-bond acceptors (Lipinski definition) is 12. The zero-order chi connectivity index (χ0) is 65.0. The molecule has 0 radical (unpaired) electrons. The van der Waals surface area contributed by atoms with Crippen LogP contribution in [0.1, 0.15) is 341 Å². The zero-order valence-corrected chi connectivity index (χ0v) is 57.9. The van der Waals surface area contributed by atoms with Gasteiger partial charge < -0.3 is 38.6 Å². The van der Waals surface area contributed by atoms with Crippen molar-refractivity contribution in [2.75, 3.05) is 65.8 Å². The number of esters is 4. The van der Waals surface area contributed by atoms with Crippen LogP contribution >= 0.6 is 0 Å². The van der Waals surface area contributed by atoms with Crippen LogP contribution in [0.25, 0.3) is 0 Å². The third-order valence-corrected chi connectivity index (χ3v) is 16.6. The van der Waals surface area contributed by atoms with E-state index in [1.807, 2.05) is 30.3 Å². The van der Waals surface area contributed by atoms with Gasteiger partial charge in [-0.1, -0.05) is 315 Å². The second kappa shape index (κ2) is 68.3. The van der Waals surface area contributed by atoms with Gasteiger partial charge in [-0.3, -0.25) is 28.8 Å². The number of amides is 2. The molecule has 0 saturated heterocycles. The highest BCUT2D eigenvalue weighted by Crippen LogP contribution is 2.17. The lowest BCUT2D eigenvalue weighted by atomic mass is 10.1. The first kappa shape index (κ1) is 85.0. The van der Waals surface area contributed by atoms with E-state index >= 15 is 0 Å². The Morgan fingerprint density at radius 1 is 0.315 bits per heavy atom. The number of carbonyl (C=O) groups excluding carboxylic acids is 6. The summed E-state index contributed by atoms with van der Waals surface area (Å²) in [5, 5.41) is 9.25. The Kier molecular flexibility index (Phi) is 65.2. The SMILES string of the molecule is CCCCCCCCCCCCCC(=O)OCCN(CCOC(=O)CCCCCCCCCCCCC)C(=O)CO.CCCCCCCCCCCCCC(=O)OCCN(CCOC(=O)CCCCCCCCCCCCC)C(=O)COCc1ccccc1. The van der Waals surface area contributed by atoms with Gasteiger partial charge in [0.05, 0.1) is 32.8 Å². The number of nitrogens with zero attached hydrogens (tertiary/aromatic N) is 2. The largest absolute Gasteiger partial charge is 0.464 e. The fraction of sp³-hybridized carbons (Fsp3) is 0.840. The number of carbonyl (C=O) groups is 6. The summed E-state index contributed by atoms with van der Waals surface area (Å²) in [7, 11) is 0. The van der Waals surface area contributed by atoms with E-state index in [0.717, 1.165) is 82.6 Å². The molecule has 0 spiro atoms. The van der Waals surface area contributed by atoms with Crippen molar-refractivity contribution < 1.29 is 57.6 Å². The molecule has 0 heterocycles. The second-order valence-electron chi connectivity index (χ2n) is 24.9. The average molecular weight is 1260 g/mol. The van der Waals surface area contributed by atoms with E-state index in [4.69, 9.17) is 23.7 Å². The van der Waals surface area contributed by atoms with Gasteiger partial charge >= 0.3 is 23.9 Å². The molecule has 0 fully saturated rings. The van der Waals surface area contributed by atoms with Gasteiger partial charge in [-0.15, -0.1) is 0 Å². The standard InChI is InChI=1S/C41H71NO6.C34H65NO6/c1-3-5-7-9-11-13-15-17-19-21-26-30-40(44)47-34-32-42(39(43)37-46-36-38-28-24-23-25-29-38)33-35-48-41(45)31-27-22-20-18-16-14-12-10-8-6-4-2;1-3-5-7-9-11-13-15-17-19-21-23-25-33(38)40-29-27-35(32(37)31-36)28-30-41-34(39)26-24-22-20-18-16-14-12-10-8-6-4-2/h23-25,28-29H,3-22,26-27,30-37H2,1-2H3;36H,3-31H2,1-2H3. The Bertz CT molecular complexity index is 1660. The highest BCUT2D eigenvalue weighted by molar-refractivity contribution is 5.78. The van der Waals surface area contributed by atoms with Gasteiger partial charge in [-0.05, 0) is 31.2 Å². The molecule has 1 rings (SSSR count). The Balaban J connectivity index is 0.00000176. The maximum absolute atomic E-state index is 13.0. The molecule has 1 aromatic carbocycles. The summed E-state index contributed by atoms with van der Waals surface area (Å²) in [4.78, 5) is 76.6. The number of aliphatic hydroxyl groups is 1. The van der Waals surface area contributed by atoms with Crippen LogP contribution in [-0.4, -0.2) is 116 Å². The normalized spacial score (nSPS) is 11.0. The summed E-state index contributed by atoms with van der Waals surface area (Å²) < 4.78 is 27.1. The van der Waals surface area contributed by atoms with Crippen LogP contribution in [0.4, 0.5) is 0 Å². The molecule has 0 atom stereocenters. The smallest absolute Gasteiger partial charge is 0.305 e. The third-order valence-electron chi connectivity index (χ3n) is 16.6. The van der Waals surface area contributed by atoms with Crippen LogP contribution in [0.3, 0.4) is 0 Å². The van der Waals surface area contributed by atoms with Gasteiger partial charge in [-0.2, -0.15) is 0 Å². The predicted octanol–water partition coefficient (Wildman–Crippen LogP) is 18.8. The molecular formula is C75H136N2O12. The van der Waals surface area contributed by atoms with Crippen LogP contribution in [0.15, 0.2) is 30.3 Å². The van der Waals surface area contributed by atoms with Crippen molar-refractivity contribution in [3.05, 3.63) is 35.9 Å². The van der Waals surface area contributed by atoms with Gasteiger partial charge in [-0.25, -0.2) is 0 Å². The summed E-state index contributed by atoms with van der Waals surface area (Å²) in [6.07, 6.45) is 55.7. The van der Waals surface area contributed by atoms with E-state index in [1.165, 1.54) is 210 Å². The number of ether oxygens (including phenoxy) is 5. The summed E-state index contributed by atoms with van der Waals surface area (Å²) in [5.74, 6) is -1.64. The van der Waals surface area contributed by atoms with Crippen molar-refractivity contribution in [2.24, 2.45) is 0 Å². The van der Waals surface area contributed by atoms with E-state index in [0.29, 0.717) is 32.3 Å². The first-order valence-electron chi connectivity index (χ1n) is 37.0. The fourth-order valence-electron chi connectivity index (χ4n) is 10.8. The summed E-state index contributed by atoms with van der Waals surface area (Å²) in [5.41, 5.74) is 0.990. The summed E-state index contributed by atoms with van der Waals surface area (Å²) >= 11 is 0. The number of benzene rings is 1. The molecule has 1 N–H and O–H groups in total. The molecule has 518 valence electrons. The minimum absolute atomic E-state index is 0.0787. The molecule has 0 saturated carbocycles. The Hall–Kier alpha value is -4.04. The van der Waals surface area contributed by atoms with Gasteiger partial charge in [0.2, 0.25) is 11.8 Å². The maximum Gasteiger partial charge on any atom is 0.305 e. The highest BCUT2D eigenvalue weighted by Gasteiger charge is 2.17. The van der Waals surface area contributed by atoms with Crippen LogP contribution in [-0.2, 0) is 59.1 Å².